The van der Waals surface area contributed by atoms with E-state index in [2.05, 4.69) is 79.9 Å². The highest BCUT2D eigenvalue weighted by Gasteiger charge is 2.14. The Balaban J connectivity index is 4.32. The summed E-state index contributed by atoms with van der Waals surface area (Å²) in [5.41, 5.74) is 0. The van der Waals surface area contributed by atoms with Crippen LogP contribution in [0.1, 0.15) is 181 Å². The Morgan fingerprint density at radius 3 is 1.59 bits per heavy atom. The normalized spacial score (nSPS) is 12.7. The fourth-order valence-corrected chi connectivity index (χ4v) is 5.50. The number of carbonyl (C=O) groups is 3. The summed E-state index contributed by atoms with van der Waals surface area (Å²) in [5, 5.41) is 11.1. The van der Waals surface area contributed by atoms with Crippen molar-refractivity contribution < 1.29 is 24.2 Å². The van der Waals surface area contributed by atoms with E-state index in [-0.39, 0.29) is 24.5 Å². The van der Waals surface area contributed by atoms with Crippen LogP contribution in [0.25, 0.3) is 0 Å². The summed E-state index contributed by atoms with van der Waals surface area (Å²) in [6.45, 7) is 4.07. The van der Waals surface area contributed by atoms with Gasteiger partial charge in [-0.15, -0.1) is 0 Å². The van der Waals surface area contributed by atoms with E-state index in [4.69, 9.17) is 9.84 Å². The number of allylic oxidation sites excluding steroid dienone is 10. The Morgan fingerprint density at radius 1 is 0.551 bits per heavy atom. The second-order valence-corrected chi connectivity index (χ2v) is 13.1. The maximum Gasteiger partial charge on any atom is 0.322 e. The Kier molecular flexibility index (Phi) is 35.7. The van der Waals surface area contributed by atoms with Crippen molar-refractivity contribution in [2.24, 2.45) is 0 Å². The molecule has 0 aromatic heterocycles. The molecule has 0 radical (unpaired) electrons. The average Bonchev–Trinajstić information content (AvgIpc) is 3.08. The van der Waals surface area contributed by atoms with Gasteiger partial charge in [-0.3, -0.25) is 14.4 Å². The number of hydrogen-bond donors (Lipinski definition) is 2. The molecule has 0 fully saturated rings. The lowest BCUT2D eigenvalue weighted by Gasteiger charge is -2.18. The molecule has 6 heteroatoms. The van der Waals surface area contributed by atoms with Crippen LogP contribution in [0.5, 0.6) is 0 Å². The molecule has 0 spiro atoms. The first-order valence-corrected chi connectivity index (χ1v) is 19.9. The molecule has 0 aliphatic heterocycles. The summed E-state index contributed by atoms with van der Waals surface area (Å²) in [6, 6.07) is 0. The van der Waals surface area contributed by atoms with Crippen LogP contribution in [0.4, 0.5) is 0 Å². The Labute approximate surface area is 301 Å². The molecule has 1 amide bonds. The van der Waals surface area contributed by atoms with Gasteiger partial charge in [-0.2, -0.15) is 0 Å². The summed E-state index contributed by atoms with van der Waals surface area (Å²) in [5.74, 6) is -1.28. The third-order valence-corrected chi connectivity index (χ3v) is 8.42. The molecule has 0 rings (SSSR count). The highest BCUT2D eigenvalue weighted by Crippen LogP contribution is 2.18. The molecule has 0 aliphatic rings. The van der Waals surface area contributed by atoms with Crippen LogP contribution in [0, 0.1) is 0 Å². The van der Waals surface area contributed by atoms with Gasteiger partial charge in [-0.25, -0.2) is 0 Å². The van der Waals surface area contributed by atoms with Crippen LogP contribution in [-0.2, 0) is 19.1 Å². The zero-order chi connectivity index (χ0) is 35.9. The van der Waals surface area contributed by atoms with Crippen molar-refractivity contribution in [2.45, 2.75) is 187 Å². The molecule has 0 heterocycles. The molecule has 280 valence electrons. The molecule has 49 heavy (non-hydrogen) atoms. The van der Waals surface area contributed by atoms with Crippen molar-refractivity contribution >= 4 is 17.8 Å². The molecule has 0 aromatic rings. The average molecular weight is 684 g/mol. The van der Waals surface area contributed by atoms with E-state index < -0.39 is 5.97 Å². The van der Waals surface area contributed by atoms with Crippen molar-refractivity contribution in [3.8, 4) is 0 Å². The number of carbonyl (C=O) groups excluding carboxylic acids is 2. The zero-order valence-corrected chi connectivity index (χ0v) is 31.5. The molecule has 0 aromatic carbocycles. The molecule has 6 nitrogen and oxygen atoms in total. The van der Waals surface area contributed by atoms with E-state index in [0.29, 0.717) is 12.8 Å². The minimum Gasteiger partial charge on any atom is -0.480 e. The summed E-state index contributed by atoms with van der Waals surface area (Å²) in [7, 11) is 0. The van der Waals surface area contributed by atoms with Gasteiger partial charge in [0.25, 0.3) is 0 Å². The van der Waals surface area contributed by atoms with E-state index in [9.17, 15) is 14.4 Å². The second-order valence-electron chi connectivity index (χ2n) is 13.1. The number of amides is 1. The van der Waals surface area contributed by atoms with Crippen molar-refractivity contribution in [3.63, 3.8) is 0 Å². The van der Waals surface area contributed by atoms with Gasteiger partial charge in [0.1, 0.15) is 12.6 Å². The van der Waals surface area contributed by atoms with E-state index in [1.165, 1.54) is 51.4 Å². The van der Waals surface area contributed by atoms with Gasteiger partial charge >= 0.3 is 11.9 Å². The first-order chi connectivity index (χ1) is 24.0. The van der Waals surface area contributed by atoms with Gasteiger partial charge in [0.2, 0.25) is 5.91 Å². The van der Waals surface area contributed by atoms with E-state index >= 15 is 0 Å². The molecule has 0 saturated heterocycles. The van der Waals surface area contributed by atoms with Crippen LogP contribution in [0.2, 0.25) is 0 Å². The van der Waals surface area contributed by atoms with E-state index in [0.717, 1.165) is 103 Å². The molecule has 2 N–H and O–H groups in total. The van der Waals surface area contributed by atoms with E-state index in [1.807, 2.05) is 0 Å². The topological polar surface area (TPSA) is 92.7 Å². The first-order valence-electron chi connectivity index (χ1n) is 19.9. The van der Waals surface area contributed by atoms with Crippen molar-refractivity contribution in [2.75, 3.05) is 6.54 Å². The maximum absolute atomic E-state index is 12.7. The lowest BCUT2D eigenvalue weighted by atomic mass is 10.0. The summed E-state index contributed by atoms with van der Waals surface area (Å²) < 4.78 is 5.99. The van der Waals surface area contributed by atoms with Crippen LogP contribution in [-0.4, -0.2) is 35.6 Å². The third kappa shape index (κ3) is 37.8. The van der Waals surface area contributed by atoms with Crippen molar-refractivity contribution in [1.29, 1.82) is 0 Å². The van der Waals surface area contributed by atoms with Crippen molar-refractivity contribution in [1.82, 2.24) is 5.32 Å². The zero-order valence-electron chi connectivity index (χ0n) is 31.5. The number of nitrogens with one attached hydrogen (secondary N) is 1. The predicted octanol–water partition coefficient (Wildman–Crippen LogP) is 12.1. The Morgan fingerprint density at radius 2 is 1.00 bits per heavy atom. The number of aliphatic carboxylic acids is 1. The molecular weight excluding hydrogens is 610 g/mol. The fraction of sp³-hybridized carbons (Fsp3) is 0.698. The minimum atomic E-state index is -1.02. The molecule has 1 atom stereocenters. The molecular formula is C43H73NO5. The number of rotatable bonds is 35. The van der Waals surface area contributed by atoms with Gasteiger partial charge < -0.3 is 15.2 Å². The van der Waals surface area contributed by atoms with E-state index in [1.54, 1.807) is 0 Å². The lowest BCUT2D eigenvalue weighted by Crippen LogP contribution is -2.28. The molecule has 0 aliphatic carbocycles. The van der Waals surface area contributed by atoms with Gasteiger partial charge in [0.15, 0.2) is 0 Å². The number of carboxylic acid groups (broad SMARTS) is 1. The monoisotopic (exact) mass is 684 g/mol. The molecule has 1 unspecified atom stereocenters. The first kappa shape index (κ1) is 46.1. The van der Waals surface area contributed by atoms with Gasteiger partial charge in [0, 0.05) is 12.8 Å². The number of esters is 1. The smallest absolute Gasteiger partial charge is 0.322 e. The Hall–Kier alpha value is -2.89. The Bertz CT molecular complexity index is 933. The van der Waals surface area contributed by atoms with Crippen LogP contribution in [0.15, 0.2) is 60.8 Å². The van der Waals surface area contributed by atoms with Crippen LogP contribution < -0.4 is 5.32 Å². The summed E-state index contributed by atoms with van der Waals surface area (Å²) in [4.78, 5) is 34.9. The fourth-order valence-electron chi connectivity index (χ4n) is 5.50. The second kappa shape index (κ2) is 37.9. The number of unbranched alkanes of at least 4 members (excludes halogenated alkanes) is 14. The van der Waals surface area contributed by atoms with Gasteiger partial charge in [0.05, 0.1) is 0 Å². The quantitative estimate of drug-likeness (QED) is 0.0394. The summed E-state index contributed by atoms with van der Waals surface area (Å²) >= 11 is 0. The van der Waals surface area contributed by atoms with Crippen molar-refractivity contribution in [3.05, 3.63) is 60.8 Å². The third-order valence-electron chi connectivity index (χ3n) is 8.42. The van der Waals surface area contributed by atoms with Crippen LogP contribution in [0.3, 0.4) is 0 Å². The number of hydrogen-bond acceptors (Lipinski definition) is 4. The van der Waals surface area contributed by atoms with Gasteiger partial charge in [-0.1, -0.05) is 126 Å². The summed E-state index contributed by atoms with van der Waals surface area (Å²) in [6.07, 6.45) is 49.0. The van der Waals surface area contributed by atoms with Gasteiger partial charge in [-0.05, 0) is 103 Å². The highest BCUT2D eigenvalue weighted by atomic mass is 16.5. The standard InChI is InChI=1S/C43H73NO5/c1-3-5-7-9-11-13-15-17-18-19-20-22-24-27-31-35-40(36-32-28-26-29-33-37-41(45)44-39-42(46)47)49-43(48)38-34-30-25-23-21-16-14-12-10-8-6-4-2/h5,7,11-14,17-18,20,22,40H,3-4,6,8-10,15-16,19,21,23-39H2,1-2H3,(H,44,45)(H,46,47)/b7-5-,13-11-,14-12-,18-17-,22-20-. The SMILES string of the molecule is CC/C=C\C/C=C\C/C=C\C/C=C\CCCCC(CCCCCCCC(=O)NCC(=O)O)OC(=O)CCCCCCC/C=C\CCCCC. The largest absolute Gasteiger partial charge is 0.480 e. The number of ether oxygens (including phenoxy) is 1. The number of carboxylic acids is 1. The lowest BCUT2D eigenvalue weighted by molar-refractivity contribution is -0.150. The van der Waals surface area contributed by atoms with Crippen LogP contribution >= 0.6 is 0 Å². The molecule has 0 saturated carbocycles. The maximum atomic E-state index is 12.7. The highest BCUT2D eigenvalue weighted by molar-refractivity contribution is 5.80. The molecule has 0 bridgehead atoms. The minimum absolute atomic E-state index is 0.0177. The predicted molar refractivity (Wildman–Crippen MR) is 208 cm³/mol.